The number of carboxylic acid groups (broad SMARTS) is 1. The van der Waals surface area contributed by atoms with Gasteiger partial charge in [0, 0.05) is 75.4 Å². The van der Waals surface area contributed by atoms with E-state index in [9.17, 15) is 18.8 Å². The van der Waals surface area contributed by atoms with Gasteiger partial charge in [0.25, 0.3) is 5.97 Å². The Morgan fingerprint density at radius 3 is 0.944 bits per heavy atom. The Kier molecular flexibility index (Phi) is 35.9. The van der Waals surface area contributed by atoms with Gasteiger partial charge in [-0.2, -0.15) is 0 Å². The number of para-hydroxylation sites is 7. The molecule has 0 spiro atoms. The SMILES string of the molecule is C.C.C.C.C.C.CC(=O)O.Fc1cccc2oc3ccccc3c12.Ic1ccc2c(c1)-c1ccccc1C2.Ic1ccc2c(c1)-c1ccccc1C2.Ic1ccc2c(c1)c1ccccc1n2-c1cccc2oc3ccccc3c12.Ic1ccc2c(c1)c1ccccc1n2-c1cccc2oc3ccccc3c12.OB(O)c1cccc(-n2c3ccccc3c3ccccc32)c1.[2H]CF.[H-].[Na+].c1ccc2c(c1)Cc1ccccc1-2. The number of carboxylic acids is 1. The Morgan fingerprint density at radius 1 is 0.306 bits per heavy atom. The summed E-state index contributed by atoms with van der Waals surface area (Å²) >= 11 is 9.51. The van der Waals surface area contributed by atoms with E-state index in [0.29, 0.717) is 16.4 Å². The van der Waals surface area contributed by atoms with Crippen molar-refractivity contribution in [1.82, 2.24) is 13.7 Å². The van der Waals surface area contributed by atoms with E-state index in [1.54, 1.807) is 18.2 Å². The van der Waals surface area contributed by atoms with Crippen LogP contribution < -0.4 is 35.0 Å². The first-order chi connectivity index (χ1) is 67.5. The quantitative estimate of drug-likeness (QED) is 0.118. The number of nitrogens with zero attached hydrogens (tertiary/aromatic N) is 3. The van der Waals surface area contributed by atoms with E-state index in [2.05, 4.69) is 407 Å². The molecule has 0 amide bonds. The van der Waals surface area contributed by atoms with Gasteiger partial charge in [-0.05, 0) is 334 Å². The van der Waals surface area contributed by atoms with Gasteiger partial charge < -0.3 is 43.5 Å². The molecule has 0 radical (unpaired) electrons. The van der Waals surface area contributed by atoms with E-state index in [-0.39, 0.29) is 81.4 Å². The molecule has 25 aromatic rings. The van der Waals surface area contributed by atoms with Crippen LogP contribution in [0, 0.1) is 20.1 Å². The van der Waals surface area contributed by atoms with Crippen LogP contribution in [-0.2, 0) is 24.1 Å². The van der Waals surface area contributed by atoms with Gasteiger partial charge in [-0.15, -0.1) is 0 Å². The van der Waals surface area contributed by atoms with E-state index < -0.39 is 20.2 Å². The molecule has 0 bridgehead atoms. The molecule has 3 N–H and O–H groups in total. The third-order valence-corrected chi connectivity index (χ3v) is 27.8. The largest absolute Gasteiger partial charge is 1.00 e. The van der Waals surface area contributed by atoms with Crippen molar-refractivity contribution in [3.8, 4) is 50.4 Å². The molecule has 0 atom stereocenters. The van der Waals surface area contributed by atoms with Crippen molar-refractivity contribution < 1.29 is 74.3 Å². The standard InChI is InChI=1S/2C24H14INO.C18H14BNO2.2C13H9I.C13H10.C12H7FO.C2H4O2.CH3F.6CH4.Na.H/c2*25-15-12-13-20-18(14-15)16-6-1-3-8-19(16)26(20)21-9-5-11-23-24(21)17-7-2-4-10-22(17)27-23;21-19(22)13-6-5-7-14(12-13)20-17-10-3-1-8-15(17)16-9-2-4-11-18(16)20;2*14-11-6-5-10-7-9-3-1-2-4-12(9)13(10)8-11;1-3-7-12-10(5-1)9-11-6-2-4-8-13(11)12;13-9-5-3-7-11-12(9)8-4-1-2-6-10(8)14-11;1-2(3)4;1-2;;;;;;;;/h2*1-14H;1-12,21-22H;2*1-6,8H,7H2;1-8H,9H2;1-7H;1H3,(H,3,4);1H3;6*1H4;;/q;;;;;;;;;;;;;;;+1;-1/i;;;;;;;;1D;;;;;;;;. The van der Waals surface area contributed by atoms with Gasteiger partial charge in [-0.25, -0.2) is 4.39 Å². The average Bonchev–Trinajstić information content (AvgIpc) is 1.57. The molecule has 0 fully saturated rings. The van der Waals surface area contributed by atoms with Gasteiger partial charge in [-0.3, -0.25) is 9.18 Å². The van der Waals surface area contributed by atoms with Crippen LogP contribution >= 0.6 is 90.4 Å². The first kappa shape index (κ1) is 107. The topological polar surface area (TPSA) is 132 Å². The van der Waals surface area contributed by atoms with Crippen LogP contribution in [0.15, 0.2) is 432 Å². The molecule has 0 aliphatic heterocycles. The molecule has 6 heterocycles. The van der Waals surface area contributed by atoms with Crippen LogP contribution in [-0.4, -0.2) is 49.1 Å². The molecule has 0 saturated carbocycles. The molecular weight excluding hydrogens is 2250 g/mol. The maximum Gasteiger partial charge on any atom is 1.00 e. The Labute approximate surface area is 918 Å². The molecule has 0 saturated heterocycles. The summed E-state index contributed by atoms with van der Waals surface area (Å²) in [6, 6.07) is 144. The van der Waals surface area contributed by atoms with Crippen LogP contribution in [0.4, 0.5) is 8.78 Å². The maximum absolute atomic E-state index is 13.5. The predicted octanol–water partition coefficient (Wildman–Crippen LogP) is 33.4. The fraction of sp³-hybridized carbons (Fsp3) is 0.0873. The summed E-state index contributed by atoms with van der Waals surface area (Å²) in [6.45, 7) is 1.08. The summed E-state index contributed by atoms with van der Waals surface area (Å²) in [5, 5.41) is 39.8. The number of alkyl halides is 1. The third kappa shape index (κ3) is 21.8. The summed E-state index contributed by atoms with van der Waals surface area (Å²) in [4.78, 5) is 9.00. The minimum Gasteiger partial charge on any atom is -1.00 e. The van der Waals surface area contributed by atoms with Crippen LogP contribution in [0.1, 0.15) is 87.7 Å². The van der Waals surface area contributed by atoms with Crippen molar-refractivity contribution in [1.29, 1.82) is 0 Å². The minimum atomic E-state index is -1.46. The molecule has 6 aromatic heterocycles. The number of aliphatic carboxylic acids is 1. The number of aromatic nitrogens is 3. The number of hydrogen-bond acceptors (Lipinski definition) is 6. The van der Waals surface area contributed by atoms with E-state index in [1.165, 1.54) is 141 Å². The van der Waals surface area contributed by atoms with Gasteiger partial charge in [0.05, 0.1) is 69.2 Å². The van der Waals surface area contributed by atoms with Gasteiger partial charge in [0.15, 0.2) is 0 Å². The average molecular weight is 2360 g/mol. The molecule has 144 heavy (non-hydrogen) atoms. The van der Waals surface area contributed by atoms with Gasteiger partial charge in [0.1, 0.15) is 39.3 Å². The Morgan fingerprint density at radius 2 is 0.569 bits per heavy atom. The Bertz CT molecular complexity index is 8520. The number of carbonyl (C=O) groups is 1. The zero-order chi connectivity index (χ0) is 94.6. The van der Waals surface area contributed by atoms with Crippen molar-refractivity contribution in [2.24, 2.45) is 0 Å². The molecule has 28 rings (SSSR count). The maximum atomic E-state index is 13.5. The summed E-state index contributed by atoms with van der Waals surface area (Å²) in [5.74, 6) is -1.06. The molecule has 10 nitrogen and oxygen atoms in total. The number of hydrogen-bond donors (Lipinski definition) is 3. The molecule has 19 aromatic carbocycles. The van der Waals surface area contributed by atoms with Crippen molar-refractivity contribution >= 4 is 240 Å². The monoisotopic (exact) mass is 2360 g/mol. The molecule has 3 aliphatic rings. The fourth-order valence-electron chi connectivity index (χ4n) is 19.3. The Hall–Kier alpha value is -12.8. The van der Waals surface area contributed by atoms with Crippen molar-refractivity contribution in [2.75, 3.05) is 7.15 Å². The van der Waals surface area contributed by atoms with Crippen LogP contribution in [0.3, 0.4) is 0 Å². The van der Waals surface area contributed by atoms with Gasteiger partial charge >= 0.3 is 36.7 Å². The third-order valence-electron chi connectivity index (χ3n) is 25.1. The van der Waals surface area contributed by atoms with E-state index in [0.717, 1.165) is 109 Å². The van der Waals surface area contributed by atoms with Crippen LogP contribution in [0.2, 0.25) is 0 Å². The van der Waals surface area contributed by atoms with E-state index in [4.69, 9.17) is 24.5 Å². The van der Waals surface area contributed by atoms with Crippen LogP contribution in [0.25, 0.3) is 182 Å². The predicted molar refractivity (Wildman–Crippen MR) is 637 cm³/mol. The van der Waals surface area contributed by atoms with Crippen LogP contribution in [0.5, 0.6) is 0 Å². The fourth-order valence-corrected chi connectivity index (χ4v) is 21.3. The number of rotatable bonds is 4. The molecule has 716 valence electrons. The van der Waals surface area contributed by atoms with Crippen molar-refractivity contribution in [2.45, 2.75) is 70.7 Å². The van der Waals surface area contributed by atoms with Gasteiger partial charge in [-0.1, -0.05) is 311 Å². The summed E-state index contributed by atoms with van der Waals surface area (Å²) < 4.78 is 58.7. The number of benzene rings is 19. The zero-order valence-electron chi connectivity index (χ0n) is 76.8. The zero-order valence-corrected chi connectivity index (χ0v) is 85.5. The molecular formula is C126H109BF2I4N3NaO7. The smallest absolute Gasteiger partial charge is 1.00 e. The van der Waals surface area contributed by atoms with Gasteiger partial charge in [0.2, 0.25) is 0 Å². The number of fused-ring (bicyclic) bond motifs is 27. The number of halogens is 6. The first-order valence-electron chi connectivity index (χ1n) is 45.4. The van der Waals surface area contributed by atoms with E-state index >= 15 is 0 Å². The molecule has 3 aliphatic carbocycles. The van der Waals surface area contributed by atoms with Crippen molar-refractivity contribution in [3.63, 3.8) is 0 Å². The summed E-state index contributed by atoms with van der Waals surface area (Å²) in [7, 11) is -2.46. The van der Waals surface area contributed by atoms with Crippen molar-refractivity contribution in [3.05, 3.63) is 472 Å². The Balaban J connectivity index is 0.000000151. The minimum absolute atomic E-state index is 0. The molecule has 0 unspecified atom stereocenters. The second-order valence-corrected chi connectivity index (χ2v) is 38.3. The summed E-state index contributed by atoms with van der Waals surface area (Å²) in [5.41, 5.74) is 33.1. The first-order valence-corrected chi connectivity index (χ1v) is 49.0. The normalized spacial score (nSPS) is 11.1. The number of furan rings is 3. The second-order valence-electron chi connectivity index (χ2n) is 33.4. The molecule has 18 heteroatoms. The van der Waals surface area contributed by atoms with E-state index in [1.807, 2.05) is 91.0 Å². The second kappa shape index (κ2) is 48.3. The summed E-state index contributed by atoms with van der Waals surface area (Å²) in [6.07, 6.45) is 3.30.